The molecule has 0 bridgehead atoms. The van der Waals surface area contributed by atoms with E-state index in [1.54, 1.807) is 6.07 Å². The van der Waals surface area contributed by atoms with Crippen molar-refractivity contribution >= 4 is 11.8 Å². The molecule has 1 aliphatic heterocycles. The zero-order valence-corrected chi connectivity index (χ0v) is 12.4. The fourth-order valence-corrected chi connectivity index (χ4v) is 3.66. The molecule has 2 unspecified atom stereocenters. The number of hydrogen-bond acceptors (Lipinski definition) is 5. The van der Waals surface area contributed by atoms with Crippen LogP contribution in [-0.2, 0) is 0 Å². The number of nitrogens with one attached hydrogen (secondary N) is 1. The highest BCUT2D eigenvalue weighted by molar-refractivity contribution is 7.99. The molecule has 0 saturated carbocycles. The normalized spacial score (nSPS) is 22.0. The van der Waals surface area contributed by atoms with Gasteiger partial charge in [0.1, 0.15) is 5.75 Å². The first-order valence-corrected chi connectivity index (χ1v) is 7.66. The van der Waals surface area contributed by atoms with E-state index in [0.717, 1.165) is 18.1 Å². The summed E-state index contributed by atoms with van der Waals surface area (Å²) in [6.07, 6.45) is -4.69. The minimum atomic E-state index is -4.69. The van der Waals surface area contributed by atoms with Gasteiger partial charge in [0.25, 0.3) is 0 Å². The molecular formula is C13H18F3N3OS. The van der Waals surface area contributed by atoms with Gasteiger partial charge < -0.3 is 4.74 Å². The van der Waals surface area contributed by atoms with Crippen LogP contribution in [0.15, 0.2) is 24.3 Å². The summed E-state index contributed by atoms with van der Waals surface area (Å²) in [6.45, 7) is 0.923. The predicted molar refractivity (Wildman–Crippen MR) is 76.9 cm³/mol. The summed E-state index contributed by atoms with van der Waals surface area (Å²) in [7, 11) is 1.99. The number of nitrogens with two attached hydrogens (primary N) is 1. The zero-order valence-electron chi connectivity index (χ0n) is 11.6. The third-order valence-electron chi connectivity index (χ3n) is 3.46. The van der Waals surface area contributed by atoms with Gasteiger partial charge >= 0.3 is 6.36 Å². The Kier molecular flexibility index (Phi) is 5.37. The van der Waals surface area contributed by atoms with Gasteiger partial charge in [-0.2, -0.15) is 11.8 Å². The number of ether oxygens (including phenoxy) is 1. The molecule has 1 heterocycles. The summed E-state index contributed by atoms with van der Waals surface area (Å²) in [6, 6.07) is 5.82. The van der Waals surface area contributed by atoms with Gasteiger partial charge in [0.05, 0.1) is 6.04 Å². The van der Waals surface area contributed by atoms with Gasteiger partial charge in [0.2, 0.25) is 0 Å². The van der Waals surface area contributed by atoms with Crippen molar-refractivity contribution in [3.63, 3.8) is 0 Å². The van der Waals surface area contributed by atoms with Gasteiger partial charge in [-0.15, -0.1) is 13.2 Å². The molecule has 1 saturated heterocycles. The number of thioether (sulfide) groups is 1. The molecule has 0 aromatic heterocycles. The van der Waals surface area contributed by atoms with Gasteiger partial charge in [0, 0.05) is 24.1 Å². The second-order valence-electron chi connectivity index (χ2n) is 4.89. The van der Waals surface area contributed by atoms with E-state index in [1.165, 1.54) is 18.2 Å². The zero-order chi connectivity index (χ0) is 15.5. The third-order valence-corrected chi connectivity index (χ3v) is 4.51. The average Bonchev–Trinajstić information content (AvgIpc) is 2.40. The number of hydrogen-bond donors (Lipinski definition) is 2. The Bertz CT molecular complexity index is 472. The molecule has 0 aliphatic carbocycles. The molecule has 3 N–H and O–H groups in total. The molecule has 2 atom stereocenters. The van der Waals surface area contributed by atoms with E-state index in [1.807, 2.05) is 18.8 Å². The standard InChI is InChI=1S/C13H18F3N3OS/c1-19-5-6-21-8-11(19)12(18-17)9-3-2-4-10(7-9)20-13(14,15)16/h2-4,7,11-12,18H,5-6,8,17H2,1H3. The van der Waals surface area contributed by atoms with Crippen LogP contribution in [0.1, 0.15) is 11.6 Å². The highest BCUT2D eigenvalue weighted by Gasteiger charge is 2.32. The van der Waals surface area contributed by atoms with E-state index in [2.05, 4.69) is 15.1 Å². The maximum absolute atomic E-state index is 12.3. The van der Waals surface area contributed by atoms with Gasteiger partial charge in [-0.3, -0.25) is 16.2 Å². The minimum Gasteiger partial charge on any atom is -0.406 e. The molecule has 21 heavy (non-hydrogen) atoms. The van der Waals surface area contributed by atoms with Crippen LogP contribution in [0.4, 0.5) is 13.2 Å². The smallest absolute Gasteiger partial charge is 0.406 e. The Hall–Kier alpha value is -0.960. The van der Waals surface area contributed by atoms with E-state index >= 15 is 0 Å². The maximum atomic E-state index is 12.3. The first-order valence-electron chi connectivity index (χ1n) is 6.50. The second-order valence-corrected chi connectivity index (χ2v) is 6.04. The molecule has 1 aliphatic rings. The van der Waals surface area contributed by atoms with Gasteiger partial charge in [-0.25, -0.2) is 0 Å². The van der Waals surface area contributed by atoms with Crippen LogP contribution in [0.5, 0.6) is 5.75 Å². The quantitative estimate of drug-likeness (QED) is 0.657. The number of hydrazine groups is 1. The van der Waals surface area contributed by atoms with E-state index in [4.69, 9.17) is 5.84 Å². The van der Waals surface area contributed by atoms with E-state index in [9.17, 15) is 13.2 Å². The molecule has 1 fully saturated rings. The van der Waals surface area contributed by atoms with E-state index in [0.29, 0.717) is 5.56 Å². The number of alkyl halides is 3. The lowest BCUT2D eigenvalue weighted by Gasteiger charge is -2.37. The Morgan fingerprint density at radius 2 is 2.24 bits per heavy atom. The number of likely N-dealkylation sites (N-methyl/N-ethyl adjacent to an activating group) is 1. The molecule has 1 aromatic rings. The largest absolute Gasteiger partial charge is 0.573 e. The predicted octanol–water partition coefficient (Wildman–Crippen LogP) is 2.14. The number of benzene rings is 1. The van der Waals surface area contributed by atoms with Crippen LogP contribution in [0.3, 0.4) is 0 Å². The Labute approximate surface area is 125 Å². The van der Waals surface area contributed by atoms with Gasteiger partial charge in [-0.05, 0) is 24.7 Å². The average molecular weight is 321 g/mol. The van der Waals surface area contributed by atoms with Crippen LogP contribution in [-0.4, -0.2) is 42.4 Å². The summed E-state index contributed by atoms with van der Waals surface area (Å²) in [5.74, 6) is 7.31. The van der Waals surface area contributed by atoms with Crippen LogP contribution < -0.4 is 16.0 Å². The van der Waals surface area contributed by atoms with Gasteiger partial charge in [-0.1, -0.05) is 12.1 Å². The highest BCUT2D eigenvalue weighted by Crippen LogP contribution is 2.30. The molecule has 0 radical (unpaired) electrons. The summed E-state index contributed by atoms with van der Waals surface area (Å²) in [5, 5.41) is 0. The van der Waals surface area contributed by atoms with Crippen molar-refractivity contribution < 1.29 is 17.9 Å². The Balaban J connectivity index is 2.19. The van der Waals surface area contributed by atoms with Crippen LogP contribution in [0.2, 0.25) is 0 Å². The van der Waals surface area contributed by atoms with Crippen molar-refractivity contribution in [2.45, 2.75) is 18.4 Å². The van der Waals surface area contributed by atoms with E-state index < -0.39 is 6.36 Å². The highest BCUT2D eigenvalue weighted by atomic mass is 32.2. The summed E-state index contributed by atoms with van der Waals surface area (Å²) < 4.78 is 40.9. The molecular weight excluding hydrogens is 303 g/mol. The van der Waals surface area contributed by atoms with Gasteiger partial charge in [0.15, 0.2) is 0 Å². The molecule has 0 spiro atoms. The molecule has 118 valence electrons. The van der Waals surface area contributed by atoms with Crippen molar-refractivity contribution in [2.24, 2.45) is 5.84 Å². The molecule has 4 nitrogen and oxygen atoms in total. The lowest BCUT2D eigenvalue weighted by molar-refractivity contribution is -0.274. The van der Waals surface area contributed by atoms with E-state index in [-0.39, 0.29) is 17.8 Å². The monoisotopic (exact) mass is 321 g/mol. The topological polar surface area (TPSA) is 50.5 Å². The fourth-order valence-electron chi connectivity index (χ4n) is 2.39. The maximum Gasteiger partial charge on any atom is 0.573 e. The van der Waals surface area contributed by atoms with Crippen molar-refractivity contribution in [3.8, 4) is 5.75 Å². The summed E-state index contributed by atoms with van der Waals surface area (Å²) >= 11 is 1.81. The van der Waals surface area contributed by atoms with Crippen molar-refractivity contribution in [1.29, 1.82) is 0 Å². The van der Waals surface area contributed by atoms with Crippen LogP contribution in [0, 0.1) is 0 Å². The number of nitrogens with zero attached hydrogens (tertiary/aromatic N) is 1. The minimum absolute atomic E-state index is 0.120. The first-order chi connectivity index (χ1) is 9.90. The fraction of sp³-hybridized carbons (Fsp3) is 0.538. The molecule has 2 rings (SSSR count). The summed E-state index contributed by atoms with van der Waals surface area (Å²) in [5.41, 5.74) is 3.40. The SMILES string of the molecule is CN1CCSCC1C(NN)c1cccc(OC(F)(F)F)c1. The second kappa shape index (κ2) is 6.87. The lowest BCUT2D eigenvalue weighted by Crippen LogP contribution is -2.49. The first kappa shape index (κ1) is 16.4. The van der Waals surface area contributed by atoms with Crippen LogP contribution >= 0.6 is 11.8 Å². The summed E-state index contributed by atoms with van der Waals surface area (Å²) in [4.78, 5) is 2.16. The molecule has 1 aromatic carbocycles. The van der Waals surface area contributed by atoms with Crippen molar-refractivity contribution in [3.05, 3.63) is 29.8 Å². The third kappa shape index (κ3) is 4.50. The van der Waals surface area contributed by atoms with Crippen molar-refractivity contribution in [2.75, 3.05) is 25.1 Å². The molecule has 0 amide bonds. The van der Waals surface area contributed by atoms with Crippen LogP contribution in [0.25, 0.3) is 0 Å². The Morgan fingerprint density at radius 3 is 2.86 bits per heavy atom. The molecule has 8 heteroatoms. The lowest BCUT2D eigenvalue weighted by atomic mass is 9.99. The Morgan fingerprint density at radius 1 is 1.48 bits per heavy atom. The number of halogens is 3. The van der Waals surface area contributed by atoms with Crippen molar-refractivity contribution in [1.82, 2.24) is 10.3 Å². The number of rotatable bonds is 4.